The minimum absolute atomic E-state index is 0.286. The molecule has 0 bridgehead atoms. The average molecular weight is 252 g/mol. The first-order valence-corrected chi connectivity index (χ1v) is 7.65. The third kappa shape index (κ3) is 3.98. The van der Waals surface area contributed by atoms with Crippen molar-refractivity contribution < 1.29 is 4.79 Å². The van der Waals surface area contributed by atoms with Crippen LogP contribution in [0.25, 0.3) is 0 Å². The van der Waals surface area contributed by atoms with Gasteiger partial charge in [-0.25, -0.2) is 0 Å². The van der Waals surface area contributed by atoms with Crippen molar-refractivity contribution in [2.45, 2.75) is 58.4 Å². The molecule has 2 rings (SSSR count). The first-order valence-electron chi connectivity index (χ1n) is 7.65. The Morgan fingerprint density at radius 2 is 1.83 bits per heavy atom. The second kappa shape index (κ2) is 6.55. The summed E-state index contributed by atoms with van der Waals surface area (Å²) in [6.45, 7) is 6.80. The standard InChI is InChI=1S/C15H28N2O/c1-11-3-4-14(9-12(11)2)17-15(18)10-13-5-7-16-8-6-13/h11-14,16H,3-10H2,1-2H3,(H,17,18). The predicted octanol–water partition coefficient (Wildman–Crippen LogP) is 2.32. The highest BCUT2D eigenvalue weighted by molar-refractivity contribution is 5.76. The zero-order valence-electron chi connectivity index (χ0n) is 11.9. The smallest absolute Gasteiger partial charge is 0.220 e. The van der Waals surface area contributed by atoms with Crippen molar-refractivity contribution in [2.24, 2.45) is 17.8 Å². The summed E-state index contributed by atoms with van der Waals surface area (Å²) in [5.41, 5.74) is 0. The molecule has 1 aliphatic heterocycles. The van der Waals surface area contributed by atoms with Crippen LogP contribution in [0.1, 0.15) is 52.4 Å². The highest BCUT2D eigenvalue weighted by atomic mass is 16.1. The van der Waals surface area contributed by atoms with Gasteiger partial charge >= 0.3 is 0 Å². The molecule has 1 heterocycles. The van der Waals surface area contributed by atoms with E-state index in [1.165, 1.54) is 19.3 Å². The van der Waals surface area contributed by atoms with Crippen LogP contribution in [0.4, 0.5) is 0 Å². The SMILES string of the molecule is CC1CCC(NC(=O)CC2CCNCC2)CC1C. The van der Waals surface area contributed by atoms with Gasteiger partial charge in [-0.15, -0.1) is 0 Å². The second-order valence-electron chi connectivity index (χ2n) is 6.43. The Hall–Kier alpha value is -0.570. The highest BCUT2D eigenvalue weighted by Gasteiger charge is 2.26. The van der Waals surface area contributed by atoms with Gasteiger partial charge in [0.15, 0.2) is 0 Å². The number of rotatable bonds is 3. The topological polar surface area (TPSA) is 41.1 Å². The molecule has 3 atom stereocenters. The Balaban J connectivity index is 1.70. The molecule has 1 amide bonds. The monoisotopic (exact) mass is 252 g/mol. The molecule has 2 fully saturated rings. The van der Waals surface area contributed by atoms with Gasteiger partial charge in [-0.1, -0.05) is 13.8 Å². The van der Waals surface area contributed by atoms with Crippen LogP contribution in [0, 0.1) is 17.8 Å². The Bertz CT molecular complexity index is 274. The van der Waals surface area contributed by atoms with Crippen LogP contribution in [0.15, 0.2) is 0 Å². The van der Waals surface area contributed by atoms with Crippen LogP contribution >= 0.6 is 0 Å². The molecule has 1 aliphatic carbocycles. The summed E-state index contributed by atoms with van der Waals surface area (Å²) in [4.78, 5) is 12.0. The molecular formula is C15H28N2O. The van der Waals surface area contributed by atoms with Crippen molar-refractivity contribution >= 4 is 5.91 Å². The van der Waals surface area contributed by atoms with E-state index in [-0.39, 0.29) is 5.91 Å². The van der Waals surface area contributed by atoms with E-state index in [4.69, 9.17) is 0 Å². The summed E-state index contributed by atoms with van der Waals surface area (Å²) in [5.74, 6) is 2.46. The van der Waals surface area contributed by atoms with E-state index in [1.54, 1.807) is 0 Å². The van der Waals surface area contributed by atoms with Crippen molar-refractivity contribution in [1.29, 1.82) is 0 Å². The van der Waals surface area contributed by atoms with E-state index in [9.17, 15) is 4.79 Å². The average Bonchev–Trinajstić information content (AvgIpc) is 2.35. The Morgan fingerprint density at radius 1 is 1.11 bits per heavy atom. The van der Waals surface area contributed by atoms with Crippen LogP contribution in [0.3, 0.4) is 0 Å². The summed E-state index contributed by atoms with van der Waals surface area (Å²) in [7, 11) is 0. The molecule has 2 N–H and O–H groups in total. The van der Waals surface area contributed by atoms with E-state index < -0.39 is 0 Å². The number of nitrogens with one attached hydrogen (secondary N) is 2. The van der Waals surface area contributed by atoms with Crippen molar-refractivity contribution in [3.8, 4) is 0 Å². The lowest BCUT2D eigenvalue weighted by Gasteiger charge is -2.33. The van der Waals surface area contributed by atoms with E-state index in [0.717, 1.165) is 44.2 Å². The number of hydrogen-bond donors (Lipinski definition) is 2. The molecule has 3 heteroatoms. The van der Waals surface area contributed by atoms with Gasteiger partial charge in [-0.3, -0.25) is 4.79 Å². The van der Waals surface area contributed by atoms with Crippen molar-refractivity contribution in [1.82, 2.24) is 10.6 Å². The fourth-order valence-electron chi connectivity index (χ4n) is 3.31. The van der Waals surface area contributed by atoms with Crippen molar-refractivity contribution in [3.63, 3.8) is 0 Å². The lowest BCUT2D eigenvalue weighted by atomic mass is 9.79. The molecular weight excluding hydrogens is 224 g/mol. The maximum atomic E-state index is 12.0. The van der Waals surface area contributed by atoms with E-state index in [2.05, 4.69) is 24.5 Å². The maximum absolute atomic E-state index is 12.0. The molecule has 3 unspecified atom stereocenters. The third-order valence-corrected chi connectivity index (χ3v) is 4.90. The first kappa shape index (κ1) is 13.9. The Kier molecular flexibility index (Phi) is 5.04. The predicted molar refractivity (Wildman–Crippen MR) is 74.3 cm³/mol. The molecule has 1 saturated carbocycles. The molecule has 2 aliphatic rings. The molecule has 0 aromatic rings. The molecule has 0 aromatic carbocycles. The van der Waals surface area contributed by atoms with Crippen LogP contribution in [-0.4, -0.2) is 25.0 Å². The Labute approximate surface area is 111 Å². The van der Waals surface area contributed by atoms with Gasteiger partial charge in [0.1, 0.15) is 0 Å². The summed E-state index contributed by atoms with van der Waals surface area (Å²) in [6, 6.07) is 0.436. The molecule has 3 nitrogen and oxygen atoms in total. The fourth-order valence-corrected chi connectivity index (χ4v) is 3.31. The van der Waals surface area contributed by atoms with Crippen molar-refractivity contribution in [2.75, 3.05) is 13.1 Å². The number of amides is 1. The van der Waals surface area contributed by atoms with Gasteiger partial charge in [-0.05, 0) is 62.9 Å². The van der Waals surface area contributed by atoms with E-state index in [1.807, 2.05) is 0 Å². The van der Waals surface area contributed by atoms with Gasteiger partial charge in [0, 0.05) is 12.5 Å². The summed E-state index contributed by atoms with van der Waals surface area (Å²) >= 11 is 0. The lowest BCUT2D eigenvalue weighted by Crippen LogP contribution is -2.41. The molecule has 0 radical (unpaired) electrons. The largest absolute Gasteiger partial charge is 0.353 e. The van der Waals surface area contributed by atoms with Crippen LogP contribution in [0.2, 0.25) is 0 Å². The Morgan fingerprint density at radius 3 is 2.50 bits per heavy atom. The van der Waals surface area contributed by atoms with Gasteiger partial charge in [-0.2, -0.15) is 0 Å². The molecule has 104 valence electrons. The summed E-state index contributed by atoms with van der Waals surface area (Å²) < 4.78 is 0. The summed E-state index contributed by atoms with van der Waals surface area (Å²) in [5, 5.41) is 6.61. The zero-order chi connectivity index (χ0) is 13.0. The second-order valence-corrected chi connectivity index (χ2v) is 6.43. The molecule has 0 aromatic heterocycles. The molecule has 1 saturated heterocycles. The maximum Gasteiger partial charge on any atom is 0.220 e. The third-order valence-electron chi connectivity index (χ3n) is 4.90. The van der Waals surface area contributed by atoms with Crippen LogP contribution in [0.5, 0.6) is 0 Å². The highest BCUT2D eigenvalue weighted by Crippen LogP contribution is 2.29. The first-order chi connectivity index (χ1) is 8.65. The quantitative estimate of drug-likeness (QED) is 0.809. The van der Waals surface area contributed by atoms with Gasteiger partial charge < -0.3 is 10.6 Å². The van der Waals surface area contributed by atoms with Crippen LogP contribution < -0.4 is 10.6 Å². The van der Waals surface area contributed by atoms with Gasteiger partial charge in [0.2, 0.25) is 5.91 Å². The number of carbonyl (C=O) groups is 1. The minimum atomic E-state index is 0.286. The van der Waals surface area contributed by atoms with Gasteiger partial charge in [0.05, 0.1) is 0 Å². The van der Waals surface area contributed by atoms with E-state index in [0.29, 0.717) is 12.0 Å². The molecule has 0 spiro atoms. The van der Waals surface area contributed by atoms with Crippen LogP contribution in [-0.2, 0) is 4.79 Å². The number of carbonyl (C=O) groups excluding carboxylic acids is 1. The summed E-state index contributed by atoms with van der Waals surface area (Å²) in [6.07, 6.45) is 6.65. The normalized spacial score (nSPS) is 34.2. The van der Waals surface area contributed by atoms with E-state index >= 15 is 0 Å². The number of hydrogen-bond acceptors (Lipinski definition) is 2. The number of piperidine rings is 1. The van der Waals surface area contributed by atoms with Crippen molar-refractivity contribution in [3.05, 3.63) is 0 Å². The van der Waals surface area contributed by atoms with Gasteiger partial charge in [0.25, 0.3) is 0 Å². The zero-order valence-corrected chi connectivity index (χ0v) is 11.9. The fraction of sp³-hybridized carbons (Fsp3) is 0.933. The minimum Gasteiger partial charge on any atom is -0.353 e. The molecule has 18 heavy (non-hydrogen) atoms. The lowest BCUT2D eigenvalue weighted by molar-refractivity contribution is -0.123.